The second kappa shape index (κ2) is 7.48. The summed E-state index contributed by atoms with van der Waals surface area (Å²) in [4.78, 5) is 26.4. The number of piperazine rings is 1. The summed E-state index contributed by atoms with van der Waals surface area (Å²) in [6.07, 6.45) is -4.83. The Balaban J connectivity index is 2.39. The second-order valence-corrected chi connectivity index (χ2v) is 4.73. The summed E-state index contributed by atoms with van der Waals surface area (Å²) in [5.41, 5.74) is 0. The van der Waals surface area contributed by atoms with Crippen molar-refractivity contribution in [2.75, 3.05) is 39.3 Å². The predicted molar refractivity (Wildman–Crippen MR) is 68.7 cm³/mol. The fourth-order valence-electron chi connectivity index (χ4n) is 2.01. The molecule has 0 saturated carbocycles. The van der Waals surface area contributed by atoms with E-state index in [2.05, 4.69) is 0 Å². The average molecular weight is 311 g/mol. The topological polar surface area (TPSA) is 61.9 Å². The van der Waals surface area contributed by atoms with E-state index in [4.69, 9.17) is 4.74 Å². The molecule has 0 bridgehead atoms. The summed E-state index contributed by atoms with van der Waals surface area (Å²) in [5.74, 6) is -0.670. The van der Waals surface area contributed by atoms with Gasteiger partial charge in [-0.3, -0.25) is 9.69 Å². The molecule has 0 aliphatic carbocycles. The third-order valence-electron chi connectivity index (χ3n) is 3.23. The number of nitrogens with one attached hydrogen (secondary N) is 1. The number of amides is 2. The summed E-state index contributed by atoms with van der Waals surface area (Å²) in [5, 5.41) is 1.86. The number of nitrogens with zero attached hydrogens (tertiary/aromatic N) is 2. The Morgan fingerprint density at radius 2 is 1.81 bits per heavy atom. The summed E-state index contributed by atoms with van der Waals surface area (Å²) in [6, 6.07) is -0.670. The van der Waals surface area contributed by atoms with Gasteiger partial charge in [0.15, 0.2) is 0 Å². The van der Waals surface area contributed by atoms with Crippen LogP contribution >= 0.6 is 0 Å². The number of alkyl halides is 3. The van der Waals surface area contributed by atoms with Crippen molar-refractivity contribution in [1.29, 1.82) is 0 Å². The molecule has 1 saturated heterocycles. The highest BCUT2D eigenvalue weighted by Gasteiger charge is 2.31. The minimum Gasteiger partial charge on any atom is -0.450 e. The molecule has 0 aromatic heterocycles. The van der Waals surface area contributed by atoms with Crippen LogP contribution in [0.25, 0.3) is 0 Å². The molecule has 1 fully saturated rings. The first kappa shape index (κ1) is 17.5. The number of ether oxygens (including phenoxy) is 1. The van der Waals surface area contributed by atoms with Crippen LogP contribution in [0.15, 0.2) is 0 Å². The third kappa shape index (κ3) is 5.78. The second-order valence-electron chi connectivity index (χ2n) is 4.73. The van der Waals surface area contributed by atoms with Crippen molar-refractivity contribution in [3.63, 3.8) is 0 Å². The fraction of sp³-hybridized carbons (Fsp3) is 0.833. The first-order valence-electron chi connectivity index (χ1n) is 6.74. The van der Waals surface area contributed by atoms with Gasteiger partial charge < -0.3 is 15.0 Å². The highest BCUT2D eigenvalue weighted by Crippen LogP contribution is 2.13. The standard InChI is InChI=1S/C12H20F3N3O3/c1-3-21-11(20)18-6-4-17(5-7-18)9(2)10(19)16-8-12(13,14)15/h9H,3-8H2,1-2H3,(H,16,19). The molecule has 1 rings (SSSR count). The molecule has 1 heterocycles. The van der Waals surface area contributed by atoms with E-state index in [0.29, 0.717) is 26.2 Å². The van der Waals surface area contributed by atoms with Gasteiger partial charge in [0, 0.05) is 26.2 Å². The fourth-order valence-corrected chi connectivity index (χ4v) is 2.01. The zero-order valence-electron chi connectivity index (χ0n) is 12.1. The van der Waals surface area contributed by atoms with Gasteiger partial charge in [0.05, 0.1) is 12.6 Å². The summed E-state index contributed by atoms with van der Waals surface area (Å²) in [6.45, 7) is 3.81. The number of rotatable bonds is 4. The first-order chi connectivity index (χ1) is 9.74. The SMILES string of the molecule is CCOC(=O)N1CCN(C(C)C(=O)NCC(F)(F)F)CC1. The van der Waals surface area contributed by atoms with Gasteiger partial charge in [-0.25, -0.2) is 4.79 Å². The lowest BCUT2D eigenvalue weighted by Gasteiger charge is -2.36. The Labute approximate surface area is 121 Å². The van der Waals surface area contributed by atoms with Crippen molar-refractivity contribution in [3.8, 4) is 0 Å². The highest BCUT2D eigenvalue weighted by atomic mass is 19.4. The summed E-state index contributed by atoms with van der Waals surface area (Å²) >= 11 is 0. The lowest BCUT2D eigenvalue weighted by molar-refractivity contribution is -0.141. The number of carbonyl (C=O) groups excluding carboxylic acids is 2. The molecule has 0 aromatic carbocycles. The van der Waals surface area contributed by atoms with E-state index >= 15 is 0 Å². The molecule has 6 nitrogen and oxygen atoms in total. The zero-order valence-corrected chi connectivity index (χ0v) is 12.1. The molecular weight excluding hydrogens is 291 g/mol. The average Bonchev–Trinajstić information content (AvgIpc) is 2.43. The van der Waals surface area contributed by atoms with Crippen LogP contribution in [0.3, 0.4) is 0 Å². The molecule has 2 amide bonds. The normalized spacial score (nSPS) is 18.2. The van der Waals surface area contributed by atoms with E-state index in [1.165, 1.54) is 4.90 Å². The van der Waals surface area contributed by atoms with Gasteiger partial charge in [-0.1, -0.05) is 0 Å². The van der Waals surface area contributed by atoms with Gasteiger partial charge in [0.1, 0.15) is 6.54 Å². The molecular formula is C12H20F3N3O3. The molecule has 9 heteroatoms. The van der Waals surface area contributed by atoms with Crippen LogP contribution < -0.4 is 5.32 Å². The van der Waals surface area contributed by atoms with E-state index in [1.807, 2.05) is 5.32 Å². The zero-order chi connectivity index (χ0) is 16.0. The minimum absolute atomic E-state index is 0.287. The van der Waals surface area contributed by atoms with Crippen LogP contribution in [-0.4, -0.2) is 73.3 Å². The number of carbonyl (C=O) groups is 2. The number of hydrogen-bond acceptors (Lipinski definition) is 4. The summed E-state index contributed by atoms with van der Waals surface area (Å²) in [7, 11) is 0. The highest BCUT2D eigenvalue weighted by molar-refractivity contribution is 5.81. The van der Waals surface area contributed by atoms with Crippen molar-refractivity contribution >= 4 is 12.0 Å². The van der Waals surface area contributed by atoms with Crippen LogP contribution in [0.4, 0.5) is 18.0 Å². The van der Waals surface area contributed by atoms with Gasteiger partial charge in [-0.2, -0.15) is 13.2 Å². The molecule has 0 spiro atoms. The molecule has 1 aliphatic rings. The van der Waals surface area contributed by atoms with E-state index in [9.17, 15) is 22.8 Å². The van der Waals surface area contributed by atoms with Gasteiger partial charge in [-0.05, 0) is 13.8 Å². The molecule has 122 valence electrons. The molecule has 1 aliphatic heterocycles. The van der Waals surface area contributed by atoms with E-state index in [1.54, 1.807) is 18.7 Å². The summed E-state index contributed by atoms with van der Waals surface area (Å²) < 4.78 is 41.0. The lowest BCUT2D eigenvalue weighted by Crippen LogP contribution is -2.55. The number of halogens is 3. The van der Waals surface area contributed by atoms with Crippen molar-refractivity contribution in [3.05, 3.63) is 0 Å². The van der Waals surface area contributed by atoms with Crippen LogP contribution in [0.5, 0.6) is 0 Å². The maximum Gasteiger partial charge on any atom is 0.409 e. The number of hydrogen-bond donors (Lipinski definition) is 1. The molecule has 1 atom stereocenters. The Kier molecular flexibility index (Phi) is 6.25. The molecule has 0 aromatic rings. The van der Waals surface area contributed by atoms with Gasteiger partial charge >= 0.3 is 12.3 Å². The quantitative estimate of drug-likeness (QED) is 0.835. The van der Waals surface area contributed by atoms with Crippen LogP contribution in [0.2, 0.25) is 0 Å². The van der Waals surface area contributed by atoms with Crippen LogP contribution in [-0.2, 0) is 9.53 Å². The molecule has 21 heavy (non-hydrogen) atoms. The van der Waals surface area contributed by atoms with E-state index < -0.39 is 30.8 Å². The van der Waals surface area contributed by atoms with Crippen LogP contribution in [0.1, 0.15) is 13.8 Å². The Morgan fingerprint density at radius 3 is 2.29 bits per heavy atom. The van der Waals surface area contributed by atoms with E-state index in [0.717, 1.165) is 0 Å². The first-order valence-corrected chi connectivity index (χ1v) is 6.74. The van der Waals surface area contributed by atoms with Crippen molar-refractivity contribution in [1.82, 2.24) is 15.1 Å². The van der Waals surface area contributed by atoms with Crippen molar-refractivity contribution in [2.45, 2.75) is 26.1 Å². The third-order valence-corrected chi connectivity index (χ3v) is 3.23. The van der Waals surface area contributed by atoms with Gasteiger partial charge in [-0.15, -0.1) is 0 Å². The van der Waals surface area contributed by atoms with Gasteiger partial charge in [0.2, 0.25) is 5.91 Å². The van der Waals surface area contributed by atoms with E-state index in [-0.39, 0.29) is 6.61 Å². The lowest BCUT2D eigenvalue weighted by atomic mass is 10.2. The molecule has 1 unspecified atom stereocenters. The predicted octanol–water partition coefficient (Wildman–Crippen LogP) is 0.827. The molecule has 0 radical (unpaired) electrons. The minimum atomic E-state index is -4.42. The Morgan fingerprint density at radius 1 is 1.24 bits per heavy atom. The maximum absolute atomic E-state index is 12.0. The molecule has 1 N–H and O–H groups in total. The largest absolute Gasteiger partial charge is 0.450 e. The van der Waals surface area contributed by atoms with Crippen LogP contribution in [0, 0.1) is 0 Å². The van der Waals surface area contributed by atoms with Gasteiger partial charge in [0.25, 0.3) is 0 Å². The Hall–Kier alpha value is -1.51. The Bertz CT molecular complexity index is 368. The van der Waals surface area contributed by atoms with Crippen molar-refractivity contribution < 1.29 is 27.5 Å². The maximum atomic E-state index is 12.0. The smallest absolute Gasteiger partial charge is 0.409 e. The monoisotopic (exact) mass is 311 g/mol. The van der Waals surface area contributed by atoms with Crippen molar-refractivity contribution in [2.24, 2.45) is 0 Å².